The first-order chi connectivity index (χ1) is 45.8. The molecule has 1 amide bonds. The zero-order valence-electron chi connectivity index (χ0n) is 57.9. The van der Waals surface area contributed by atoms with Crippen LogP contribution in [0.4, 0.5) is 16.8 Å². The number of halogens is 1. The number of rotatable bonds is 15. The van der Waals surface area contributed by atoms with Crippen LogP contribution in [0.2, 0.25) is 5.02 Å². The van der Waals surface area contributed by atoms with E-state index in [0.717, 1.165) is 22.5 Å². The monoisotopic (exact) mass is 1370 g/mol. The van der Waals surface area contributed by atoms with Gasteiger partial charge < -0.3 is 54.1 Å². The molecule has 6 heterocycles. The molecule has 2 bridgehead atoms. The number of hydrogen-bond donors (Lipinski definition) is 4. The largest absolute Gasteiger partial charge is 0.460 e. The lowest BCUT2D eigenvalue weighted by Gasteiger charge is -2.43. The van der Waals surface area contributed by atoms with Crippen molar-refractivity contribution in [2.75, 3.05) is 70.3 Å². The minimum atomic E-state index is -2.52. The number of thiazole rings is 1. The quantitative estimate of drug-likeness (QED) is 0.0477. The lowest BCUT2D eigenvalue weighted by Crippen LogP contribution is -2.61. The Morgan fingerprint density at radius 2 is 1.65 bits per heavy atom. The van der Waals surface area contributed by atoms with E-state index in [1.807, 2.05) is 90.1 Å². The standard InChI is InChI=1S/C73H102ClN7O14S/c1-43-18-13-12-14-19-45(3)60(93-33-32-79-28-30-80(31-29-79)65-41-64(76-51(9)77-65)78-72-75-42-63(96-72)59(84)39-54-44(2)20-17-21-55(54)74)38-53-25-23-50(8)73(90,95-53)69(87)70(88)81-27-16-15-22-56(81)71(89)94-61(47(5)36-52-24-26-57(82)62(37-52)91-10)40-58(83)46(4)35-49(7)67(86)68(92-11)66(85)48(6)34-43/h12-14,17-21,35,41-43,46-48,50,52-53,56-57,60-62,67-68,82,86,90H,15-16,22-34,36-40H2,1-11H3,(H,75,76,77,78)/b14-12+,18-13+,45-19-,49-35+/t43-,46-,47?,48-,50-,52-,53+,56+,57-,60-,61+,62-,67-,68+,73-/m1/s1. The maximum atomic E-state index is 14.7. The highest BCUT2D eigenvalue weighted by Gasteiger charge is 2.53. The zero-order chi connectivity index (χ0) is 69.5. The fourth-order valence-electron chi connectivity index (χ4n) is 14.0. The summed E-state index contributed by atoms with van der Waals surface area (Å²) < 4.78 is 30.8. The molecule has 4 N–H and O–H groups in total. The number of nitrogens with one attached hydrogen (secondary N) is 1. The second kappa shape index (κ2) is 35.2. The van der Waals surface area contributed by atoms with Gasteiger partial charge in [0, 0.05) is 102 Å². The van der Waals surface area contributed by atoms with Crippen LogP contribution in [0, 0.1) is 49.4 Å². The first kappa shape index (κ1) is 75.8. The maximum Gasteiger partial charge on any atom is 0.329 e. The van der Waals surface area contributed by atoms with Crippen LogP contribution in [0.15, 0.2) is 78.1 Å². The Kier molecular flexibility index (Phi) is 27.8. The number of aromatic nitrogens is 3. The number of ether oxygens (including phenoxy) is 5. The number of methoxy groups -OCH3 is 2. The van der Waals surface area contributed by atoms with E-state index in [0.29, 0.717) is 129 Å². The molecule has 1 saturated carbocycles. The highest BCUT2D eigenvalue weighted by molar-refractivity contribution is 7.17. The van der Waals surface area contributed by atoms with Crippen molar-refractivity contribution in [1.29, 1.82) is 0 Å². The number of allylic oxidation sites excluding steroid dienone is 6. The summed E-state index contributed by atoms with van der Waals surface area (Å²) in [5, 5.41) is 39.1. The number of carbonyl (C=O) groups excluding carboxylic acids is 6. The number of piperazine rings is 1. The van der Waals surface area contributed by atoms with E-state index >= 15 is 0 Å². The average Bonchev–Trinajstić information content (AvgIpc) is 0.893. The predicted molar refractivity (Wildman–Crippen MR) is 369 cm³/mol. The van der Waals surface area contributed by atoms with E-state index in [2.05, 4.69) is 25.1 Å². The van der Waals surface area contributed by atoms with Crippen LogP contribution >= 0.6 is 22.9 Å². The first-order valence-electron chi connectivity index (χ1n) is 34.4. The second-order valence-corrected chi connectivity index (χ2v) is 28.9. The van der Waals surface area contributed by atoms with E-state index in [1.165, 1.54) is 23.3 Å². The summed E-state index contributed by atoms with van der Waals surface area (Å²) in [6.45, 7) is 20.3. The van der Waals surface area contributed by atoms with Crippen molar-refractivity contribution in [2.24, 2.45) is 35.5 Å². The van der Waals surface area contributed by atoms with Crippen LogP contribution < -0.4 is 10.2 Å². The normalized spacial score (nSPS) is 32.3. The van der Waals surface area contributed by atoms with Gasteiger partial charge in [0.1, 0.15) is 47.6 Å². The summed E-state index contributed by atoms with van der Waals surface area (Å²) in [7, 11) is 2.94. The number of esters is 1. The molecule has 15 atom stereocenters. The molecule has 96 heavy (non-hydrogen) atoms. The van der Waals surface area contributed by atoms with Gasteiger partial charge >= 0.3 is 5.97 Å². The van der Waals surface area contributed by atoms with Crippen molar-refractivity contribution in [1.82, 2.24) is 24.8 Å². The molecular formula is C73H102ClN7O14S. The Hall–Kier alpha value is -5.92. The number of piperidine rings is 1. The number of cyclic esters (lactones) is 1. The molecule has 4 fully saturated rings. The molecule has 23 heteroatoms. The molecule has 526 valence electrons. The van der Waals surface area contributed by atoms with Gasteiger partial charge in [0.15, 0.2) is 16.7 Å². The number of benzene rings is 1. The van der Waals surface area contributed by atoms with Gasteiger partial charge in [-0.2, -0.15) is 0 Å². The third kappa shape index (κ3) is 19.9. The number of nitrogens with zero attached hydrogens (tertiary/aromatic N) is 6. The number of ketones is 4. The van der Waals surface area contributed by atoms with Crippen LogP contribution in [-0.2, 0) is 54.1 Å². The van der Waals surface area contributed by atoms with Crippen molar-refractivity contribution in [3.63, 3.8) is 0 Å². The molecule has 1 aliphatic carbocycles. The molecule has 0 radical (unpaired) electrons. The van der Waals surface area contributed by atoms with Gasteiger partial charge in [0.25, 0.3) is 11.7 Å². The molecule has 8 rings (SSSR count). The summed E-state index contributed by atoms with van der Waals surface area (Å²) in [6, 6.07) is 6.28. The SMILES string of the molecule is CO[C@@H]1C[C@@H](CC(C)[C@@H]2CC(=O)[C@H](C)/C=C(\C)[C@@H](O)[C@@H](OC)C(=O)[C@H](C)C[C@H](C)/C=C/C=C/C=C(/C)[C@H](OCCN3CCN(c4cc(Nc5ncc(C(=O)Cc6c(C)cccc6Cl)s5)nc(C)n4)CC3)C[C@@H]3CC[C@@H](C)[C@@](O)(O3)C(=O)C(=O)N3CCCC[C@H]3C(=O)O2)CC[C@H]1O. The van der Waals surface area contributed by atoms with Gasteiger partial charge in [-0.05, 0) is 138 Å². The minimum absolute atomic E-state index is 0.0370. The Balaban J connectivity index is 0.976. The number of aryl methyl sites for hydroxylation is 2. The van der Waals surface area contributed by atoms with E-state index < -0.39 is 83.9 Å². The van der Waals surface area contributed by atoms with Crippen LogP contribution in [0.3, 0.4) is 0 Å². The van der Waals surface area contributed by atoms with E-state index in [4.69, 9.17) is 40.3 Å². The number of anilines is 3. The first-order valence-corrected chi connectivity index (χ1v) is 35.5. The van der Waals surface area contributed by atoms with Gasteiger partial charge in [-0.1, -0.05) is 106 Å². The molecule has 2 aromatic heterocycles. The second-order valence-electron chi connectivity index (χ2n) is 27.5. The molecule has 0 spiro atoms. The van der Waals surface area contributed by atoms with Crippen LogP contribution in [0.25, 0.3) is 0 Å². The third-order valence-electron chi connectivity index (χ3n) is 20.1. The highest BCUT2D eigenvalue weighted by Crippen LogP contribution is 2.39. The molecule has 21 nitrogen and oxygen atoms in total. The maximum absolute atomic E-state index is 14.7. The van der Waals surface area contributed by atoms with Crippen LogP contribution in [0.1, 0.15) is 152 Å². The number of aliphatic hydroxyl groups excluding tert-OH is 2. The molecule has 4 aliphatic heterocycles. The Morgan fingerprint density at radius 1 is 0.885 bits per heavy atom. The van der Waals surface area contributed by atoms with Gasteiger partial charge in [-0.15, -0.1) is 0 Å². The predicted octanol–water partition coefficient (Wildman–Crippen LogP) is 10.1. The molecule has 1 unspecified atom stereocenters. The number of hydrogen-bond acceptors (Lipinski definition) is 21. The summed E-state index contributed by atoms with van der Waals surface area (Å²) >= 11 is 7.69. The number of fused-ring (bicyclic) bond motifs is 3. The average molecular weight is 1370 g/mol. The van der Waals surface area contributed by atoms with E-state index in [-0.39, 0.29) is 73.4 Å². The van der Waals surface area contributed by atoms with E-state index in [9.17, 15) is 44.1 Å². The number of amides is 1. The van der Waals surface area contributed by atoms with Crippen molar-refractivity contribution >= 4 is 74.7 Å². The van der Waals surface area contributed by atoms with Gasteiger partial charge in [0.2, 0.25) is 5.79 Å². The third-order valence-corrected chi connectivity index (χ3v) is 21.5. The van der Waals surface area contributed by atoms with Crippen molar-refractivity contribution < 1.29 is 67.8 Å². The molecule has 3 aromatic rings. The van der Waals surface area contributed by atoms with Crippen molar-refractivity contribution in [3.8, 4) is 0 Å². The molecule has 3 saturated heterocycles. The van der Waals surface area contributed by atoms with Crippen molar-refractivity contribution in [2.45, 2.75) is 200 Å². The zero-order valence-corrected chi connectivity index (χ0v) is 59.5. The summed E-state index contributed by atoms with van der Waals surface area (Å²) in [4.78, 5) is 106. The topological polar surface area (TPSA) is 270 Å². The Morgan fingerprint density at radius 3 is 2.38 bits per heavy atom. The number of carbonyl (C=O) groups is 6. The molecule has 5 aliphatic rings. The van der Waals surface area contributed by atoms with Gasteiger partial charge in [-0.25, -0.2) is 19.7 Å². The lowest BCUT2D eigenvalue weighted by molar-refractivity contribution is -0.266. The Bertz CT molecular complexity index is 3290. The smallest absolute Gasteiger partial charge is 0.329 e. The Labute approximate surface area is 575 Å². The minimum Gasteiger partial charge on any atom is -0.460 e. The molecular weight excluding hydrogens is 1270 g/mol. The van der Waals surface area contributed by atoms with Crippen LogP contribution in [-0.4, -0.2) is 190 Å². The summed E-state index contributed by atoms with van der Waals surface area (Å²) in [5.41, 5.74) is 2.98. The molecule has 1 aromatic carbocycles. The highest BCUT2D eigenvalue weighted by atomic mass is 35.5. The summed E-state index contributed by atoms with van der Waals surface area (Å²) in [6.07, 6.45) is 12.2. The van der Waals surface area contributed by atoms with Crippen molar-refractivity contribution in [3.05, 3.63) is 105 Å². The fourth-order valence-corrected chi connectivity index (χ4v) is 15.1. The van der Waals surface area contributed by atoms with E-state index in [1.54, 1.807) is 46.2 Å². The fraction of sp³-hybridized carbons (Fsp3) is 0.630. The summed E-state index contributed by atoms with van der Waals surface area (Å²) in [5.74, 6) is -6.61. The lowest BCUT2D eigenvalue weighted by atomic mass is 9.78. The number of Topliss-reactive ketones (excluding diaryl/α,β-unsaturated/α-hetero) is 4. The van der Waals surface area contributed by atoms with Crippen LogP contribution in [0.5, 0.6) is 0 Å². The number of aliphatic hydroxyl groups is 3. The van der Waals surface area contributed by atoms with Gasteiger partial charge in [0.05, 0.1) is 42.1 Å². The van der Waals surface area contributed by atoms with Gasteiger partial charge in [-0.3, -0.25) is 28.9 Å².